The van der Waals surface area contributed by atoms with Crippen molar-refractivity contribution in [3.8, 4) is 39.3 Å². The van der Waals surface area contributed by atoms with Crippen molar-refractivity contribution in [3.63, 3.8) is 0 Å². The number of hydrogen-bond acceptors (Lipinski definition) is 1. The van der Waals surface area contributed by atoms with Crippen molar-refractivity contribution in [2.45, 2.75) is 0 Å². The first kappa shape index (κ1) is 35.0. The van der Waals surface area contributed by atoms with Crippen LogP contribution in [0.3, 0.4) is 0 Å². The lowest BCUT2D eigenvalue weighted by Gasteiger charge is -2.16. The molecule has 4 heteroatoms. The van der Waals surface area contributed by atoms with Crippen LogP contribution in [0, 0.1) is 0 Å². The lowest BCUT2D eigenvalue weighted by molar-refractivity contribution is 0.669. The van der Waals surface area contributed by atoms with E-state index in [0.29, 0.717) is 0 Å². The highest BCUT2D eigenvalue weighted by Gasteiger charge is 2.19. The van der Waals surface area contributed by atoms with Gasteiger partial charge in [0.1, 0.15) is 11.2 Å². The molecule has 4 aromatic heterocycles. The topological polar surface area (TPSA) is 27.9 Å². The van der Waals surface area contributed by atoms with Gasteiger partial charge in [0.05, 0.1) is 33.1 Å². The van der Waals surface area contributed by atoms with E-state index in [0.717, 1.165) is 55.6 Å². The van der Waals surface area contributed by atoms with Crippen molar-refractivity contribution in [3.05, 3.63) is 224 Å². The molecule has 0 amide bonds. The van der Waals surface area contributed by atoms with Gasteiger partial charge in [0.25, 0.3) is 0 Å². The molecule has 0 fully saturated rings. The molecule has 0 aliphatic heterocycles. The van der Waals surface area contributed by atoms with Crippen molar-refractivity contribution >= 4 is 87.4 Å². The third-order valence-corrected chi connectivity index (χ3v) is 13.4. The van der Waals surface area contributed by atoms with Crippen LogP contribution in [-0.2, 0) is 0 Å². The van der Waals surface area contributed by atoms with E-state index in [1.807, 2.05) is 12.1 Å². The van der Waals surface area contributed by atoms with E-state index in [1.165, 1.54) is 71.0 Å². The maximum Gasteiger partial charge on any atom is 0.137 e. The van der Waals surface area contributed by atoms with Crippen LogP contribution >= 0.6 is 0 Å². The van der Waals surface area contributed by atoms with Gasteiger partial charge in [-0.3, -0.25) is 0 Å². The molecule has 64 heavy (non-hydrogen) atoms. The summed E-state index contributed by atoms with van der Waals surface area (Å²) in [5, 5.41) is 9.73. The van der Waals surface area contributed by atoms with Gasteiger partial charge < -0.3 is 18.1 Å². The molecule has 0 saturated carbocycles. The van der Waals surface area contributed by atoms with Gasteiger partial charge in [-0.1, -0.05) is 146 Å². The van der Waals surface area contributed by atoms with E-state index in [4.69, 9.17) is 4.42 Å². The van der Waals surface area contributed by atoms with E-state index in [1.54, 1.807) is 0 Å². The first-order chi connectivity index (χ1) is 31.7. The van der Waals surface area contributed by atoms with Crippen LogP contribution < -0.4 is 0 Å². The quantitative estimate of drug-likeness (QED) is 0.170. The zero-order valence-corrected chi connectivity index (χ0v) is 34.6. The minimum atomic E-state index is 0.900. The first-order valence-electron chi connectivity index (χ1n) is 21.9. The van der Waals surface area contributed by atoms with Gasteiger partial charge in [0.15, 0.2) is 0 Å². The van der Waals surface area contributed by atoms with Crippen LogP contribution in [0.15, 0.2) is 229 Å². The number of hydrogen-bond donors (Lipinski definition) is 0. The van der Waals surface area contributed by atoms with Crippen LogP contribution in [0.25, 0.3) is 127 Å². The number of para-hydroxylation sites is 6. The monoisotopic (exact) mass is 815 g/mol. The maximum absolute atomic E-state index is 6.37. The minimum absolute atomic E-state index is 0.900. The Hall–Kier alpha value is -8.60. The molecule has 0 bridgehead atoms. The van der Waals surface area contributed by atoms with Gasteiger partial charge in [-0.2, -0.15) is 0 Å². The summed E-state index contributed by atoms with van der Waals surface area (Å²) in [5.74, 6) is 0. The highest BCUT2D eigenvalue weighted by Crippen LogP contribution is 2.41. The summed E-state index contributed by atoms with van der Waals surface area (Å²) in [4.78, 5) is 0. The number of rotatable bonds is 5. The van der Waals surface area contributed by atoms with Crippen LogP contribution in [0.5, 0.6) is 0 Å². The fraction of sp³-hybridized carbons (Fsp3) is 0. The van der Waals surface area contributed by atoms with Gasteiger partial charge in [0, 0.05) is 66.2 Å². The van der Waals surface area contributed by atoms with Crippen molar-refractivity contribution in [2.75, 3.05) is 0 Å². The van der Waals surface area contributed by atoms with Crippen molar-refractivity contribution in [2.24, 2.45) is 0 Å². The Labute approximate surface area is 367 Å². The highest BCUT2D eigenvalue weighted by atomic mass is 16.3. The number of nitrogens with zero attached hydrogens (tertiary/aromatic N) is 3. The third-order valence-electron chi connectivity index (χ3n) is 13.4. The predicted octanol–water partition coefficient (Wildman–Crippen LogP) is 16.2. The van der Waals surface area contributed by atoms with E-state index < -0.39 is 0 Å². The number of aromatic nitrogens is 3. The molecule has 4 nitrogen and oxygen atoms in total. The molecule has 14 aromatic rings. The smallest absolute Gasteiger partial charge is 0.137 e. The molecule has 0 aliphatic carbocycles. The molecule has 14 rings (SSSR count). The fourth-order valence-electron chi connectivity index (χ4n) is 10.5. The highest BCUT2D eigenvalue weighted by molar-refractivity contribution is 6.17. The van der Waals surface area contributed by atoms with Crippen molar-refractivity contribution in [1.82, 2.24) is 13.7 Å². The molecule has 0 atom stereocenters. The van der Waals surface area contributed by atoms with E-state index >= 15 is 0 Å². The third kappa shape index (κ3) is 5.11. The van der Waals surface area contributed by atoms with Crippen LogP contribution in [0.1, 0.15) is 0 Å². The molecule has 298 valence electrons. The molecule has 0 N–H and O–H groups in total. The van der Waals surface area contributed by atoms with Crippen LogP contribution in [0.4, 0.5) is 0 Å². The maximum atomic E-state index is 6.37. The van der Waals surface area contributed by atoms with Gasteiger partial charge in [0.2, 0.25) is 0 Å². The Morgan fingerprint density at radius 1 is 0.219 bits per heavy atom. The second-order valence-electron chi connectivity index (χ2n) is 16.9. The molecule has 0 radical (unpaired) electrons. The van der Waals surface area contributed by atoms with Gasteiger partial charge >= 0.3 is 0 Å². The summed E-state index contributed by atoms with van der Waals surface area (Å²) in [5.41, 5.74) is 16.9. The zero-order valence-electron chi connectivity index (χ0n) is 34.6. The Morgan fingerprint density at radius 2 is 0.594 bits per heavy atom. The fourth-order valence-corrected chi connectivity index (χ4v) is 10.5. The Balaban J connectivity index is 0.893. The standard InChI is InChI=1S/C60H37N3O/c1-7-19-53-45(13-1)46-14-2-8-20-54(46)62(53)43-33-41(34-44(35-43)63-55-21-9-3-15-47(55)48-16-4-10-22-56(48)63)40-27-25-38(26-28-40)39-29-31-42(32-30-39)61-57-23-11-5-17-49(57)51-36-52-50-18-6-12-24-59(50)64-60(52)37-58(51)61/h1-37H. The Morgan fingerprint density at radius 3 is 1.08 bits per heavy atom. The van der Waals surface area contributed by atoms with E-state index in [2.05, 4.69) is 226 Å². The van der Waals surface area contributed by atoms with E-state index in [-0.39, 0.29) is 0 Å². The SMILES string of the molecule is c1ccc2c(c1)oc1cc3c(cc12)c1ccccc1n3-c1ccc(-c2ccc(-c3cc(-n4c5ccccc5c5ccccc54)cc(-n4c5ccccc5c5ccccc54)c3)cc2)cc1. The molecular formula is C60H37N3O. The Kier molecular flexibility index (Phi) is 7.36. The minimum Gasteiger partial charge on any atom is -0.456 e. The van der Waals surface area contributed by atoms with Gasteiger partial charge in [-0.25, -0.2) is 0 Å². The summed E-state index contributed by atoms with van der Waals surface area (Å²) in [6.07, 6.45) is 0. The lowest BCUT2D eigenvalue weighted by atomic mass is 9.99. The van der Waals surface area contributed by atoms with Crippen molar-refractivity contribution in [1.29, 1.82) is 0 Å². The molecule has 4 heterocycles. The van der Waals surface area contributed by atoms with Crippen molar-refractivity contribution < 1.29 is 4.42 Å². The normalized spacial score (nSPS) is 12.1. The number of benzene rings is 10. The second-order valence-corrected chi connectivity index (χ2v) is 16.9. The molecular weight excluding hydrogens is 779 g/mol. The molecule has 0 saturated heterocycles. The lowest BCUT2D eigenvalue weighted by Crippen LogP contribution is -2.00. The van der Waals surface area contributed by atoms with Gasteiger partial charge in [-0.15, -0.1) is 0 Å². The largest absolute Gasteiger partial charge is 0.456 e. The average Bonchev–Trinajstić information content (AvgIpc) is 4.09. The molecule has 10 aromatic carbocycles. The Bertz CT molecular complexity index is 3940. The summed E-state index contributed by atoms with van der Waals surface area (Å²) in [7, 11) is 0. The van der Waals surface area contributed by atoms with Crippen LogP contribution in [-0.4, -0.2) is 13.7 Å². The number of furan rings is 1. The first-order valence-corrected chi connectivity index (χ1v) is 21.9. The molecule has 0 spiro atoms. The average molecular weight is 816 g/mol. The molecule has 0 unspecified atom stereocenters. The van der Waals surface area contributed by atoms with E-state index in [9.17, 15) is 0 Å². The second kappa shape index (κ2) is 13.4. The number of fused-ring (bicyclic) bond motifs is 12. The summed E-state index contributed by atoms with van der Waals surface area (Å²) in [6.45, 7) is 0. The summed E-state index contributed by atoms with van der Waals surface area (Å²) < 4.78 is 13.6. The predicted molar refractivity (Wildman–Crippen MR) is 268 cm³/mol. The van der Waals surface area contributed by atoms with Gasteiger partial charge in [-0.05, 0) is 95.1 Å². The van der Waals surface area contributed by atoms with Crippen LogP contribution in [0.2, 0.25) is 0 Å². The molecule has 0 aliphatic rings. The summed E-state index contributed by atoms with van der Waals surface area (Å²) >= 11 is 0. The summed E-state index contributed by atoms with van der Waals surface area (Å²) in [6, 6.07) is 81.6. The zero-order chi connectivity index (χ0) is 41.9.